The second kappa shape index (κ2) is 8.78. The minimum atomic E-state index is -0.840. The number of amides is 3. The van der Waals surface area contributed by atoms with Crippen LogP contribution in [0.25, 0.3) is 0 Å². The van der Waals surface area contributed by atoms with E-state index in [1.54, 1.807) is 24.3 Å². The largest absolute Gasteiger partial charge is 0.292 e. The molecule has 0 N–H and O–H groups in total. The summed E-state index contributed by atoms with van der Waals surface area (Å²) in [5.74, 6) is -3.61. The molecule has 1 heterocycles. The Morgan fingerprint density at radius 3 is 2.18 bits per heavy atom. The summed E-state index contributed by atoms with van der Waals surface area (Å²) in [7, 11) is 0. The number of non-ortho nitro benzene ring substituents is 1. The summed E-state index contributed by atoms with van der Waals surface area (Å²) in [6.07, 6.45) is 4.38. The molecular weight excluding hydrogens is 426 g/mol. The van der Waals surface area contributed by atoms with Gasteiger partial charge in [-0.15, -0.1) is 0 Å². The number of hydrazine groups is 1. The molecule has 2 atom stereocenters. The minimum absolute atomic E-state index is 0.102. The molecule has 0 bridgehead atoms. The molecule has 1 fully saturated rings. The van der Waals surface area contributed by atoms with Crippen LogP contribution in [0, 0.1) is 28.9 Å². The lowest BCUT2D eigenvalue weighted by Gasteiger charge is -2.30. The number of imide groups is 1. The van der Waals surface area contributed by atoms with Gasteiger partial charge in [0.1, 0.15) is 6.54 Å². The molecule has 9 nitrogen and oxygen atoms in total. The van der Waals surface area contributed by atoms with Gasteiger partial charge in [0.2, 0.25) is 0 Å². The number of carbonyl (C=O) groups is 4. The van der Waals surface area contributed by atoms with Crippen LogP contribution < -0.4 is 0 Å². The molecule has 1 saturated heterocycles. The predicted molar refractivity (Wildman–Crippen MR) is 117 cm³/mol. The Morgan fingerprint density at radius 2 is 1.61 bits per heavy atom. The third kappa shape index (κ3) is 4.17. The summed E-state index contributed by atoms with van der Waals surface area (Å²) in [6.45, 7) is 1.30. The van der Waals surface area contributed by atoms with E-state index in [4.69, 9.17) is 0 Å². The van der Waals surface area contributed by atoms with Gasteiger partial charge in [0.25, 0.3) is 23.4 Å². The number of rotatable bonds is 6. The first-order chi connectivity index (χ1) is 15.8. The van der Waals surface area contributed by atoms with Gasteiger partial charge >= 0.3 is 0 Å². The van der Waals surface area contributed by atoms with E-state index in [0.29, 0.717) is 18.4 Å². The number of nitro benzene ring substituents is 1. The Balaban J connectivity index is 1.71. The smallest absolute Gasteiger partial charge is 0.273 e. The highest BCUT2D eigenvalue weighted by atomic mass is 16.6. The summed E-state index contributed by atoms with van der Waals surface area (Å²) >= 11 is 0. The zero-order valence-corrected chi connectivity index (χ0v) is 17.8. The van der Waals surface area contributed by atoms with Crippen LogP contribution in [-0.4, -0.2) is 45.0 Å². The van der Waals surface area contributed by atoms with Gasteiger partial charge in [0.05, 0.1) is 16.8 Å². The zero-order chi connectivity index (χ0) is 23.7. The van der Waals surface area contributed by atoms with E-state index < -0.39 is 46.8 Å². The van der Waals surface area contributed by atoms with E-state index in [1.807, 2.05) is 19.1 Å². The number of ketones is 1. The number of nitrogens with zero attached hydrogens (tertiary/aromatic N) is 3. The number of benzene rings is 2. The molecule has 0 unspecified atom stereocenters. The second-order valence-corrected chi connectivity index (χ2v) is 8.10. The number of aryl methyl sites for hydroxylation is 1. The summed E-state index contributed by atoms with van der Waals surface area (Å²) < 4.78 is 0. The van der Waals surface area contributed by atoms with Crippen molar-refractivity contribution in [3.05, 3.63) is 87.5 Å². The average Bonchev–Trinajstić information content (AvgIpc) is 3.07. The molecule has 168 valence electrons. The highest BCUT2D eigenvalue weighted by Gasteiger charge is 2.51. The van der Waals surface area contributed by atoms with E-state index in [1.165, 1.54) is 18.2 Å². The fourth-order valence-corrected chi connectivity index (χ4v) is 4.12. The third-order valence-electron chi connectivity index (χ3n) is 5.93. The Labute approximate surface area is 189 Å². The predicted octanol–water partition coefficient (Wildman–Crippen LogP) is 3.09. The summed E-state index contributed by atoms with van der Waals surface area (Å²) in [6, 6.07) is 11.7. The Morgan fingerprint density at radius 1 is 1.00 bits per heavy atom. The van der Waals surface area contributed by atoms with Crippen molar-refractivity contribution in [1.29, 1.82) is 0 Å². The van der Waals surface area contributed by atoms with Gasteiger partial charge in [0, 0.05) is 23.3 Å². The number of hydrogen-bond donors (Lipinski definition) is 0. The van der Waals surface area contributed by atoms with Crippen LogP contribution in [0.1, 0.15) is 39.1 Å². The lowest BCUT2D eigenvalue weighted by atomic mass is 9.85. The van der Waals surface area contributed by atoms with E-state index in [9.17, 15) is 29.3 Å². The van der Waals surface area contributed by atoms with Crippen molar-refractivity contribution in [2.75, 3.05) is 6.54 Å². The molecule has 0 aromatic heterocycles. The standard InChI is InChI=1S/C24H21N3O6/c1-15-9-11-16(12-10-15)21(28)14-25(22(29)17-5-4-6-18(13-17)27(32)33)26-23(30)19-7-2-3-8-20(19)24(26)31/h2-6,9-13,19-20H,7-8,14H2,1H3/t19-,20-/m1/s1. The Bertz CT molecular complexity index is 1160. The maximum atomic E-state index is 13.4. The van der Waals surface area contributed by atoms with Gasteiger partial charge in [-0.1, -0.05) is 48.0 Å². The molecule has 1 aliphatic carbocycles. The van der Waals surface area contributed by atoms with Gasteiger partial charge in [-0.05, 0) is 25.8 Å². The van der Waals surface area contributed by atoms with Gasteiger partial charge in [-0.3, -0.25) is 29.3 Å². The van der Waals surface area contributed by atoms with Crippen molar-refractivity contribution in [2.45, 2.75) is 19.8 Å². The number of carbonyl (C=O) groups excluding carboxylic acids is 4. The van der Waals surface area contributed by atoms with Crippen LogP contribution in [0.5, 0.6) is 0 Å². The van der Waals surface area contributed by atoms with E-state index in [-0.39, 0.29) is 11.3 Å². The maximum Gasteiger partial charge on any atom is 0.273 e. The van der Waals surface area contributed by atoms with Crippen molar-refractivity contribution in [1.82, 2.24) is 10.0 Å². The Hall–Kier alpha value is -4.14. The molecule has 1 aliphatic heterocycles. The van der Waals surface area contributed by atoms with Crippen LogP contribution in [0.15, 0.2) is 60.7 Å². The molecule has 0 radical (unpaired) electrons. The molecule has 0 spiro atoms. The SMILES string of the molecule is Cc1ccc(C(=O)CN(C(=O)c2cccc([N+](=O)[O-])c2)N2C(=O)[C@@H]3CC=CC[C@H]3C2=O)cc1. The maximum absolute atomic E-state index is 13.4. The molecule has 2 aromatic carbocycles. The number of Topliss-reactive ketones (excluding diaryl/α,β-unsaturated/α-hetero) is 1. The number of fused-ring (bicyclic) bond motifs is 1. The normalized spacial score (nSPS) is 19.4. The number of allylic oxidation sites excluding steroid dienone is 2. The van der Waals surface area contributed by atoms with Gasteiger partial charge in [-0.25, -0.2) is 5.01 Å². The van der Waals surface area contributed by atoms with Crippen molar-refractivity contribution >= 4 is 29.2 Å². The van der Waals surface area contributed by atoms with Crippen LogP contribution in [0.3, 0.4) is 0 Å². The van der Waals surface area contributed by atoms with Crippen LogP contribution in [0.2, 0.25) is 0 Å². The van der Waals surface area contributed by atoms with Crippen molar-refractivity contribution < 1.29 is 24.1 Å². The van der Waals surface area contributed by atoms with Crippen LogP contribution in [0.4, 0.5) is 5.69 Å². The molecular formula is C24H21N3O6. The van der Waals surface area contributed by atoms with E-state index >= 15 is 0 Å². The molecule has 33 heavy (non-hydrogen) atoms. The zero-order valence-electron chi connectivity index (χ0n) is 17.8. The third-order valence-corrected chi connectivity index (χ3v) is 5.93. The van der Waals surface area contributed by atoms with Crippen LogP contribution in [-0.2, 0) is 9.59 Å². The molecule has 0 saturated carbocycles. The second-order valence-electron chi connectivity index (χ2n) is 8.10. The van der Waals surface area contributed by atoms with Gasteiger partial charge < -0.3 is 0 Å². The number of nitro groups is 1. The van der Waals surface area contributed by atoms with Crippen molar-refractivity contribution in [3.63, 3.8) is 0 Å². The van der Waals surface area contributed by atoms with E-state index in [0.717, 1.165) is 21.6 Å². The summed E-state index contributed by atoms with van der Waals surface area (Å²) in [4.78, 5) is 63.2. The average molecular weight is 447 g/mol. The first-order valence-electron chi connectivity index (χ1n) is 10.5. The highest BCUT2D eigenvalue weighted by Crippen LogP contribution is 2.36. The van der Waals surface area contributed by atoms with Gasteiger partial charge in [-0.2, -0.15) is 5.01 Å². The molecule has 3 amide bonds. The lowest BCUT2D eigenvalue weighted by Crippen LogP contribution is -2.52. The highest BCUT2D eigenvalue weighted by molar-refractivity contribution is 6.09. The minimum Gasteiger partial charge on any atom is -0.292 e. The topological polar surface area (TPSA) is 118 Å². The summed E-state index contributed by atoms with van der Waals surface area (Å²) in [5.41, 5.74) is 0.838. The van der Waals surface area contributed by atoms with E-state index in [2.05, 4.69) is 0 Å². The fourth-order valence-electron chi connectivity index (χ4n) is 4.12. The molecule has 4 rings (SSSR count). The number of hydrogen-bond acceptors (Lipinski definition) is 6. The molecule has 9 heteroatoms. The monoisotopic (exact) mass is 447 g/mol. The molecule has 2 aromatic rings. The quantitative estimate of drug-likeness (QED) is 0.221. The first-order valence-corrected chi connectivity index (χ1v) is 10.5. The van der Waals surface area contributed by atoms with Crippen LogP contribution >= 0.6 is 0 Å². The van der Waals surface area contributed by atoms with Crippen molar-refractivity contribution in [2.24, 2.45) is 11.8 Å². The fraction of sp³-hybridized carbons (Fsp3) is 0.250. The van der Waals surface area contributed by atoms with Gasteiger partial charge in [0.15, 0.2) is 5.78 Å². The first kappa shape index (κ1) is 22.1. The Kier molecular flexibility index (Phi) is 5.87. The lowest BCUT2D eigenvalue weighted by molar-refractivity contribution is -0.384. The molecule has 2 aliphatic rings. The summed E-state index contributed by atoms with van der Waals surface area (Å²) in [5, 5.41) is 12.8. The van der Waals surface area contributed by atoms with Crippen molar-refractivity contribution in [3.8, 4) is 0 Å².